The molecular weight excluding hydrogens is 266 g/mol. The molecule has 1 aromatic heterocycles. The lowest BCUT2D eigenvalue weighted by Crippen LogP contribution is -2.27. The third-order valence-corrected chi connectivity index (χ3v) is 3.32. The summed E-state index contributed by atoms with van der Waals surface area (Å²) in [5.74, 6) is 0.343. The highest BCUT2D eigenvalue weighted by molar-refractivity contribution is 5.83. The summed E-state index contributed by atoms with van der Waals surface area (Å²) in [6.07, 6.45) is 0.268. The summed E-state index contributed by atoms with van der Waals surface area (Å²) < 4.78 is 4.66. The number of fused-ring (bicyclic) bond motifs is 1. The first-order valence-electron chi connectivity index (χ1n) is 6.81. The number of esters is 1. The van der Waals surface area contributed by atoms with Gasteiger partial charge in [-0.05, 0) is 19.1 Å². The van der Waals surface area contributed by atoms with E-state index in [9.17, 15) is 10.1 Å². The second kappa shape index (κ2) is 6.71. The van der Waals surface area contributed by atoms with E-state index >= 15 is 0 Å². The Morgan fingerprint density at radius 1 is 1.43 bits per heavy atom. The second-order valence-corrected chi connectivity index (χ2v) is 4.57. The van der Waals surface area contributed by atoms with Crippen LogP contribution in [-0.4, -0.2) is 31.2 Å². The van der Waals surface area contributed by atoms with E-state index in [0.717, 1.165) is 10.9 Å². The molecule has 0 saturated carbocycles. The number of rotatable bonds is 5. The molecule has 1 heterocycles. The molecule has 0 atom stereocenters. The van der Waals surface area contributed by atoms with Crippen LogP contribution in [0.25, 0.3) is 10.9 Å². The van der Waals surface area contributed by atoms with Crippen molar-refractivity contribution in [3.05, 3.63) is 35.9 Å². The number of aromatic nitrogens is 1. The Hall–Kier alpha value is -2.61. The van der Waals surface area contributed by atoms with Crippen LogP contribution in [0.2, 0.25) is 0 Å². The molecule has 1 aromatic carbocycles. The highest BCUT2D eigenvalue weighted by Gasteiger charge is 2.14. The van der Waals surface area contributed by atoms with Gasteiger partial charge in [0.15, 0.2) is 0 Å². The number of carbonyl (C=O) groups excluding carboxylic acids is 1. The van der Waals surface area contributed by atoms with E-state index in [1.807, 2.05) is 42.2 Å². The van der Waals surface area contributed by atoms with Crippen molar-refractivity contribution in [1.82, 2.24) is 4.98 Å². The number of pyridine rings is 1. The Morgan fingerprint density at radius 3 is 2.86 bits per heavy atom. The molecule has 5 nitrogen and oxygen atoms in total. The minimum Gasteiger partial charge on any atom is -0.469 e. The van der Waals surface area contributed by atoms with Gasteiger partial charge in [-0.1, -0.05) is 18.2 Å². The molecule has 21 heavy (non-hydrogen) atoms. The van der Waals surface area contributed by atoms with E-state index in [1.165, 1.54) is 7.11 Å². The Labute approximate surface area is 123 Å². The minimum atomic E-state index is -0.271. The molecule has 0 aliphatic heterocycles. The highest BCUT2D eigenvalue weighted by atomic mass is 16.5. The fourth-order valence-electron chi connectivity index (χ4n) is 2.17. The summed E-state index contributed by atoms with van der Waals surface area (Å²) in [6.45, 7) is 3.11. The maximum Gasteiger partial charge on any atom is 0.307 e. The van der Waals surface area contributed by atoms with E-state index in [4.69, 9.17) is 0 Å². The highest BCUT2D eigenvalue weighted by Crippen LogP contribution is 2.23. The van der Waals surface area contributed by atoms with Crippen LogP contribution in [0.5, 0.6) is 0 Å². The summed E-state index contributed by atoms with van der Waals surface area (Å²) in [6, 6.07) is 11.7. The van der Waals surface area contributed by atoms with E-state index in [-0.39, 0.29) is 12.4 Å². The zero-order valence-electron chi connectivity index (χ0n) is 12.2. The number of anilines is 1. The third kappa shape index (κ3) is 3.29. The quantitative estimate of drug-likeness (QED) is 0.789. The molecule has 0 N–H and O–H groups in total. The summed E-state index contributed by atoms with van der Waals surface area (Å²) >= 11 is 0. The lowest BCUT2D eigenvalue weighted by atomic mass is 10.1. The van der Waals surface area contributed by atoms with Crippen molar-refractivity contribution < 1.29 is 9.53 Å². The molecule has 108 valence electrons. The van der Waals surface area contributed by atoms with Crippen LogP contribution >= 0.6 is 0 Å². The van der Waals surface area contributed by atoms with Crippen LogP contribution in [0.1, 0.15) is 18.9 Å². The maximum absolute atomic E-state index is 11.3. The van der Waals surface area contributed by atoms with E-state index in [0.29, 0.717) is 24.5 Å². The lowest BCUT2D eigenvalue weighted by molar-refractivity contribution is -0.140. The van der Waals surface area contributed by atoms with Gasteiger partial charge in [0.25, 0.3) is 0 Å². The number of ether oxygens (including phenoxy) is 1. The van der Waals surface area contributed by atoms with Crippen molar-refractivity contribution in [3.8, 4) is 6.07 Å². The molecular formula is C16H17N3O2. The lowest BCUT2D eigenvalue weighted by Gasteiger charge is -2.22. The SMILES string of the molecule is CCN(CCC(=O)OC)c1nc2ccccc2cc1C#N. The summed E-state index contributed by atoms with van der Waals surface area (Å²) in [5, 5.41) is 10.3. The molecule has 0 bridgehead atoms. The number of benzene rings is 1. The molecule has 0 amide bonds. The van der Waals surface area contributed by atoms with E-state index in [1.54, 1.807) is 0 Å². The zero-order valence-corrected chi connectivity index (χ0v) is 12.2. The van der Waals surface area contributed by atoms with Gasteiger partial charge in [0, 0.05) is 18.5 Å². The van der Waals surface area contributed by atoms with Crippen LogP contribution in [0.4, 0.5) is 5.82 Å². The molecule has 0 spiro atoms. The molecule has 5 heteroatoms. The Kier molecular flexibility index (Phi) is 4.72. The van der Waals surface area contributed by atoms with Crippen molar-refractivity contribution in [3.63, 3.8) is 0 Å². The molecule has 0 radical (unpaired) electrons. The smallest absolute Gasteiger partial charge is 0.307 e. The number of nitriles is 1. The predicted molar refractivity (Wildman–Crippen MR) is 81.0 cm³/mol. The number of carbonyl (C=O) groups is 1. The molecule has 2 rings (SSSR count). The van der Waals surface area contributed by atoms with Crippen LogP contribution in [-0.2, 0) is 9.53 Å². The fourth-order valence-corrected chi connectivity index (χ4v) is 2.17. The van der Waals surface area contributed by atoms with Crippen LogP contribution in [0.3, 0.4) is 0 Å². The van der Waals surface area contributed by atoms with Gasteiger partial charge in [0.05, 0.1) is 24.6 Å². The first kappa shape index (κ1) is 14.8. The Balaban J connectivity index is 2.37. The summed E-state index contributed by atoms with van der Waals surface area (Å²) in [5.41, 5.74) is 1.35. The van der Waals surface area contributed by atoms with Gasteiger partial charge in [-0.15, -0.1) is 0 Å². The van der Waals surface area contributed by atoms with Crippen LogP contribution in [0.15, 0.2) is 30.3 Å². The first-order chi connectivity index (χ1) is 10.2. The Bertz CT molecular complexity index is 691. The molecule has 0 aliphatic carbocycles. The largest absolute Gasteiger partial charge is 0.469 e. The number of methoxy groups -OCH3 is 1. The van der Waals surface area contributed by atoms with Crippen molar-refractivity contribution in [2.24, 2.45) is 0 Å². The number of para-hydroxylation sites is 1. The minimum absolute atomic E-state index is 0.268. The van der Waals surface area contributed by atoms with Crippen molar-refractivity contribution in [2.45, 2.75) is 13.3 Å². The molecule has 2 aromatic rings. The average Bonchev–Trinajstić information content (AvgIpc) is 2.54. The topological polar surface area (TPSA) is 66.2 Å². The second-order valence-electron chi connectivity index (χ2n) is 4.57. The third-order valence-electron chi connectivity index (χ3n) is 3.32. The fraction of sp³-hybridized carbons (Fsp3) is 0.312. The van der Waals surface area contributed by atoms with Crippen LogP contribution < -0.4 is 4.90 Å². The first-order valence-corrected chi connectivity index (χ1v) is 6.81. The molecule has 0 saturated heterocycles. The average molecular weight is 283 g/mol. The standard InChI is InChI=1S/C16H17N3O2/c1-3-19(9-8-15(20)21-2)16-13(11-17)10-12-6-4-5-7-14(12)18-16/h4-7,10H,3,8-9H2,1-2H3. The van der Waals surface area contributed by atoms with E-state index < -0.39 is 0 Å². The summed E-state index contributed by atoms with van der Waals surface area (Å²) in [4.78, 5) is 17.8. The number of hydrogen-bond donors (Lipinski definition) is 0. The van der Waals surface area contributed by atoms with Gasteiger partial charge >= 0.3 is 5.97 Å². The normalized spacial score (nSPS) is 10.1. The van der Waals surface area contributed by atoms with Gasteiger partial charge in [-0.2, -0.15) is 5.26 Å². The van der Waals surface area contributed by atoms with Crippen molar-refractivity contribution in [1.29, 1.82) is 5.26 Å². The van der Waals surface area contributed by atoms with Gasteiger partial charge in [-0.25, -0.2) is 4.98 Å². The Morgan fingerprint density at radius 2 is 2.19 bits per heavy atom. The summed E-state index contributed by atoms with van der Waals surface area (Å²) in [7, 11) is 1.37. The van der Waals surface area contributed by atoms with Gasteiger partial charge in [0.1, 0.15) is 11.9 Å². The monoisotopic (exact) mass is 283 g/mol. The van der Waals surface area contributed by atoms with E-state index in [2.05, 4.69) is 15.8 Å². The number of hydrogen-bond acceptors (Lipinski definition) is 5. The predicted octanol–water partition coefficient (Wildman–Crippen LogP) is 2.50. The molecule has 0 aliphatic rings. The van der Waals surface area contributed by atoms with Gasteiger partial charge < -0.3 is 9.64 Å². The van der Waals surface area contributed by atoms with Crippen molar-refractivity contribution in [2.75, 3.05) is 25.1 Å². The zero-order chi connectivity index (χ0) is 15.2. The van der Waals surface area contributed by atoms with Crippen molar-refractivity contribution >= 4 is 22.7 Å². The van der Waals surface area contributed by atoms with Gasteiger partial charge in [0.2, 0.25) is 0 Å². The van der Waals surface area contributed by atoms with Crippen LogP contribution in [0, 0.1) is 11.3 Å². The molecule has 0 fully saturated rings. The molecule has 0 unspecified atom stereocenters. The van der Waals surface area contributed by atoms with Gasteiger partial charge in [-0.3, -0.25) is 4.79 Å². The maximum atomic E-state index is 11.3. The number of nitrogens with zero attached hydrogens (tertiary/aromatic N) is 3.